The number of imide groups is 1. The molecule has 0 unspecified atom stereocenters. The maximum atomic E-state index is 13.3. The van der Waals surface area contributed by atoms with E-state index in [0.29, 0.717) is 12.3 Å². The van der Waals surface area contributed by atoms with E-state index in [0.717, 1.165) is 38.3 Å². The molecule has 2 aliphatic rings. The van der Waals surface area contributed by atoms with Gasteiger partial charge in [-0.1, -0.05) is 67.6 Å². The molecule has 0 aromatic heterocycles. The average molecular weight is 484 g/mol. The summed E-state index contributed by atoms with van der Waals surface area (Å²) < 4.78 is 5.63. The van der Waals surface area contributed by atoms with Gasteiger partial charge in [0.25, 0.3) is 5.91 Å². The standard InChI is InChI=1S/C30H33N3O3/c1-2-21-36-26-15-13-25(14-16-26)33-28(34)22-27(30(33)35)31-17-19-32(20-18-31)29(23-9-5-3-6-10-23)24-11-7-4-8-12-24/h3-16,27,29H,2,17-22H2,1H3/t27-/m0/s1. The number of amides is 2. The van der Waals surface area contributed by atoms with Gasteiger partial charge in [-0.15, -0.1) is 0 Å². The van der Waals surface area contributed by atoms with Crippen LogP contribution >= 0.6 is 0 Å². The molecular formula is C30H33N3O3. The molecule has 5 rings (SSSR count). The van der Waals surface area contributed by atoms with Gasteiger partial charge in [0.15, 0.2) is 0 Å². The highest BCUT2D eigenvalue weighted by atomic mass is 16.5. The molecule has 1 atom stereocenters. The molecule has 186 valence electrons. The van der Waals surface area contributed by atoms with Gasteiger partial charge in [0, 0.05) is 26.2 Å². The third-order valence-corrected chi connectivity index (χ3v) is 7.08. The number of benzene rings is 3. The number of piperazine rings is 1. The SMILES string of the molecule is CCCOc1ccc(N2C(=O)C[C@H](N3CCN(C(c4ccccc4)c4ccccc4)CC3)C2=O)cc1. The van der Waals surface area contributed by atoms with Crippen LogP contribution in [-0.4, -0.2) is 60.4 Å². The summed E-state index contributed by atoms with van der Waals surface area (Å²) in [7, 11) is 0. The van der Waals surface area contributed by atoms with Crippen LogP contribution < -0.4 is 9.64 Å². The van der Waals surface area contributed by atoms with Gasteiger partial charge in [0.05, 0.1) is 30.8 Å². The molecule has 2 aliphatic heterocycles. The first-order chi connectivity index (χ1) is 17.7. The molecule has 0 bridgehead atoms. The van der Waals surface area contributed by atoms with Crippen LogP contribution in [0.4, 0.5) is 5.69 Å². The molecule has 36 heavy (non-hydrogen) atoms. The van der Waals surface area contributed by atoms with Crippen LogP contribution in [0, 0.1) is 0 Å². The van der Waals surface area contributed by atoms with Crippen molar-refractivity contribution in [2.75, 3.05) is 37.7 Å². The molecule has 6 nitrogen and oxygen atoms in total. The molecule has 2 heterocycles. The molecule has 6 heteroatoms. The minimum absolute atomic E-state index is 0.127. The van der Waals surface area contributed by atoms with E-state index in [9.17, 15) is 9.59 Å². The number of hydrogen-bond donors (Lipinski definition) is 0. The van der Waals surface area contributed by atoms with Gasteiger partial charge in [-0.2, -0.15) is 0 Å². The highest BCUT2D eigenvalue weighted by Gasteiger charge is 2.43. The lowest BCUT2D eigenvalue weighted by atomic mass is 9.96. The Kier molecular flexibility index (Phi) is 7.44. The lowest BCUT2D eigenvalue weighted by Gasteiger charge is -2.41. The van der Waals surface area contributed by atoms with Crippen molar-refractivity contribution in [3.05, 3.63) is 96.1 Å². The van der Waals surface area contributed by atoms with E-state index in [1.807, 2.05) is 24.3 Å². The number of carbonyl (C=O) groups is 2. The Morgan fingerprint density at radius 2 is 1.39 bits per heavy atom. The van der Waals surface area contributed by atoms with Gasteiger partial charge >= 0.3 is 0 Å². The van der Waals surface area contributed by atoms with Gasteiger partial charge in [0.1, 0.15) is 5.75 Å². The van der Waals surface area contributed by atoms with E-state index in [-0.39, 0.29) is 24.3 Å². The zero-order valence-corrected chi connectivity index (χ0v) is 20.8. The quantitative estimate of drug-likeness (QED) is 0.441. The first-order valence-electron chi connectivity index (χ1n) is 12.8. The predicted molar refractivity (Wildman–Crippen MR) is 141 cm³/mol. The van der Waals surface area contributed by atoms with Crippen molar-refractivity contribution < 1.29 is 14.3 Å². The smallest absolute Gasteiger partial charge is 0.251 e. The van der Waals surface area contributed by atoms with Gasteiger partial charge in [0.2, 0.25) is 5.91 Å². The summed E-state index contributed by atoms with van der Waals surface area (Å²) in [5.41, 5.74) is 3.15. The van der Waals surface area contributed by atoms with Crippen molar-refractivity contribution in [1.29, 1.82) is 0 Å². The van der Waals surface area contributed by atoms with E-state index in [1.165, 1.54) is 16.0 Å². The van der Waals surface area contributed by atoms with Crippen LogP contribution in [0.2, 0.25) is 0 Å². The predicted octanol–water partition coefficient (Wildman–Crippen LogP) is 4.51. The summed E-state index contributed by atoms with van der Waals surface area (Å²) in [5.74, 6) is 0.484. The highest BCUT2D eigenvalue weighted by Crippen LogP contribution is 2.32. The van der Waals surface area contributed by atoms with E-state index >= 15 is 0 Å². The minimum Gasteiger partial charge on any atom is -0.494 e. The molecule has 0 saturated carbocycles. The summed E-state index contributed by atoms with van der Waals surface area (Å²) in [6, 6.07) is 28.2. The molecule has 2 fully saturated rings. The van der Waals surface area contributed by atoms with Crippen molar-refractivity contribution in [2.45, 2.75) is 31.8 Å². The first-order valence-corrected chi connectivity index (χ1v) is 12.8. The Bertz CT molecular complexity index is 1120. The average Bonchev–Trinajstić information content (AvgIpc) is 3.23. The monoisotopic (exact) mass is 483 g/mol. The Morgan fingerprint density at radius 3 is 1.94 bits per heavy atom. The second-order valence-corrected chi connectivity index (χ2v) is 9.43. The Labute approximate surface area is 213 Å². The van der Waals surface area contributed by atoms with Crippen LogP contribution in [0.1, 0.15) is 36.9 Å². The summed E-state index contributed by atoms with van der Waals surface area (Å²) in [5, 5.41) is 0. The van der Waals surface area contributed by atoms with Crippen molar-refractivity contribution in [1.82, 2.24) is 9.80 Å². The Morgan fingerprint density at radius 1 is 0.806 bits per heavy atom. The summed E-state index contributed by atoms with van der Waals surface area (Å²) in [4.78, 5) is 32.2. The second-order valence-electron chi connectivity index (χ2n) is 9.43. The maximum absolute atomic E-state index is 13.3. The summed E-state index contributed by atoms with van der Waals surface area (Å²) >= 11 is 0. The number of ether oxygens (including phenoxy) is 1. The van der Waals surface area contributed by atoms with Crippen molar-refractivity contribution in [2.24, 2.45) is 0 Å². The minimum atomic E-state index is -0.400. The van der Waals surface area contributed by atoms with E-state index in [1.54, 1.807) is 12.1 Å². The summed E-state index contributed by atoms with van der Waals surface area (Å²) in [6.45, 7) is 5.85. The van der Waals surface area contributed by atoms with Gasteiger partial charge in [-0.25, -0.2) is 4.90 Å². The van der Waals surface area contributed by atoms with Gasteiger partial charge in [-0.3, -0.25) is 19.4 Å². The van der Waals surface area contributed by atoms with Crippen molar-refractivity contribution in [3.8, 4) is 5.75 Å². The third kappa shape index (κ3) is 5.06. The normalized spacial score (nSPS) is 19.3. The summed E-state index contributed by atoms with van der Waals surface area (Å²) in [6.07, 6.45) is 1.16. The second kappa shape index (κ2) is 11.1. The highest BCUT2D eigenvalue weighted by molar-refractivity contribution is 6.22. The van der Waals surface area contributed by atoms with E-state index in [4.69, 9.17) is 4.74 Å². The van der Waals surface area contributed by atoms with Gasteiger partial charge < -0.3 is 4.74 Å². The molecular weight excluding hydrogens is 450 g/mol. The number of nitrogens with zero attached hydrogens (tertiary/aromatic N) is 3. The largest absolute Gasteiger partial charge is 0.494 e. The molecule has 0 N–H and O–H groups in total. The van der Waals surface area contributed by atoms with Crippen LogP contribution in [-0.2, 0) is 9.59 Å². The van der Waals surface area contributed by atoms with Crippen LogP contribution in [0.15, 0.2) is 84.9 Å². The van der Waals surface area contributed by atoms with Crippen molar-refractivity contribution >= 4 is 17.5 Å². The zero-order chi connectivity index (χ0) is 24.9. The zero-order valence-electron chi connectivity index (χ0n) is 20.8. The fourth-order valence-electron chi connectivity index (χ4n) is 5.28. The first kappa shape index (κ1) is 24.2. The van der Waals surface area contributed by atoms with E-state index in [2.05, 4.69) is 65.3 Å². The fourth-order valence-corrected chi connectivity index (χ4v) is 5.28. The fraction of sp³-hybridized carbons (Fsp3) is 0.333. The lowest BCUT2D eigenvalue weighted by molar-refractivity contribution is -0.123. The topological polar surface area (TPSA) is 53.1 Å². The number of rotatable bonds is 8. The molecule has 3 aromatic carbocycles. The number of hydrogen-bond acceptors (Lipinski definition) is 5. The van der Waals surface area contributed by atoms with E-state index < -0.39 is 6.04 Å². The molecule has 0 aliphatic carbocycles. The van der Waals surface area contributed by atoms with Gasteiger partial charge in [-0.05, 0) is 41.8 Å². The van der Waals surface area contributed by atoms with Crippen molar-refractivity contribution in [3.63, 3.8) is 0 Å². The third-order valence-electron chi connectivity index (χ3n) is 7.08. The van der Waals surface area contributed by atoms with Crippen LogP contribution in [0.25, 0.3) is 0 Å². The molecule has 3 aromatic rings. The van der Waals surface area contributed by atoms with Crippen LogP contribution in [0.5, 0.6) is 5.75 Å². The Balaban J connectivity index is 1.26. The maximum Gasteiger partial charge on any atom is 0.251 e. The lowest BCUT2D eigenvalue weighted by Crippen LogP contribution is -2.53. The molecule has 0 radical (unpaired) electrons. The van der Waals surface area contributed by atoms with Crippen LogP contribution in [0.3, 0.4) is 0 Å². The molecule has 2 saturated heterocycles. The Hall–Kier alpha value is -3.48. The number of carbonyl (C=O) groups excluding carboxylic acids is 2. The molecule has 2 amide bonds. The molecule has 0 spiro atoms. The number of anilines is 1.